The van der Waals surface area contributed by atoms with Crippen LogP contribution in [0.3, 0.4) is 0 Å². The first-order chi connectivity index (χ1) is 17.5. The lowest BCUT2D eigenvalue weighted by Crippen LogP contribution is -2.45. The zero-order valence-electron chi connectivity index (χ0n) is 19.9. The molecule has 7 heteroatoms. The Bertz CT molecular complexity index is 1490. The van der Waals surface area contributed by atoms with Crippen molar-refractivity contribution in [3.8, 4) is 5.75 Å². The van der Waals surface area contributed by atoms with Crippen molar-refractivity contribution in [2.75, 3.05) is 26.7 Å². The molecule has 2 aliphatic rings. The van der Waals surface area contributed by atoms with E-state index >= 15 is 0 Å². The quantitative estimate of drug-likeness (QED) is 0.330. The second-order valence-electron chi connectivity index (χ2n) is 9.24. The number of methoxy groups -OCH3 is 1. The highest BCUT2D eigenvalue weighted by atomic mass is 16.5. The van der Waals surface area contributed by atoms with Gasteiger partial charge in [-0.3, -0.25) is 24.2 Å². The Labute approximate surface area is 208 Å². The van der Waals surface area contributed by atoms with Gasteiger partial charge in [-0.2, -0.15) is 0 Å². The summed E-state index contributed by atoms with van der Waals surface area (Å²) in [5, 5.41) is 0.814. The summed E-state index contributed by atoms with van der Waals surface area (Å²) >= 11 is 0. The summed E-state index contributed by atoms with van der Waals surface area (Å²) in [6.07, 6.45) is 2.54. The van der Waals surface area contributed by atoms with Gasteiger partial charge in [0.2, 0.25) is 0 Å². The van der Waals surface area contributed by atoms with Gasteiger partial charge >= 0.3 is 0 Å². The van der Waals surface area contributed by atoms with Crippen molar-refractivity contribution in [2.24, 2.45) is 0 Å². The molecule has 1 N–H and O–H groups in total. The van der Waals surface area contributed by atoms with Crippen molar-refractivity contribution in [3.63, 3.8) is 0 Å². The van der Waals surface area contributed by atoms with Crippen molar-refractivity contribution >= 4 is 28.5 Å². The van der Waals surface area contributed by atoms with Gasteiger partial charge in [-0.25, -0.2) is 0 Å². The van der Waals surface area contributed by atoms with Gasteiger partial charge < -0.3 is 9.72 Å². The molecular formula is C29H25N3O4. The Balaban J connectivity index is 1.32. The van der Waals surface area contributed by atoms with Gasteiger partial charge in [0.15, 0.2) is 5.78 Å². The molecule has 3 aromatic carbocycles. The number of aromatic amines is 1. The minimum absolute atomic E-state index is 0.0266. The number of fused-ring (bicyclic) bond motifs is 3. The molecule has 2 amide bonds. The number of hydrogen-bond acceptors (Lipinski definition) is 5. The molecule has 7 nitrogen and oxygen atoms in total. The normalized spacial score (nSPS) is 17.4. The molecule has 0 bridgehead atoms. The largest absolute Gasteiger partial charge is 0.497 e. The molecule has 180 valence electrons. The molecule has 0 aliphatic carbocycles. The van der Waals surface area contributed by atoms with Crippen LogP contribution in [0.4, 0.5) is 0 Å². The summed E-state index contributed by atoms with van der Waals surface area (Å²) in [6, 6.07) is 20.3. The van der Waals surface area contributed by atoms with Gasteiger partial charge in [0.25, 0.3) is 11.8 Å². The van der Waals surface area contributed by atoms with Crippen molar-refractivity contribution in [1.29, 1.82) is 0 Å². The van der Waals surface area contributed by atoms with Crippen molar-refractivity contribution in [2.45, 2.75) is 12.5 Å². The molecule has 2 aliphatic heterocycles. The van der Waals surface area contributed by atoms with Crippen molar-refractivity contribution < 1.29 is 19.1 Å². The Morgan fingerprint density at radius 1 is 1.00 bits per heavy atom. The number of ketones is 1. The van der Waals surface area contributed by atoms with Crippen LogP contribution in [0, 0.1) is 0 Å². The van der Waals surface area contributed by atoms with Crippen molar-refractivity contribution in [3.05, 3.63) is 101 Å². The van der Waals surface area contributed by atoms with Crippen LogP contribution in [0.25, 0.3) is 10.9 Å². The van der Waals surface area contributed by atoms with Crippen LogP contribution in [-0.4, -0.2) is 59.1 Å². The topological polar surface area (TPSA) is 82.7 Å². The number of rotatable bonds is 6. The minimum Gasteiger partial charge on any atom is -0.497 e. The van der Waals surface area contributed by atoms with E-state index in [0.29, 0.717) is 29.0 Å². The molecule has 0 saturated carbocycles. The summed E-state index contributed by atoms with van der Waals surface area (Å²) < 4.78 is 5.35. The molecule has 1 aromatic heterocycles. The molecule has 0 radical (unpaired) electrons. The number of H-pyrrole nitrogens is 1. The average molecular weight is 480 g/mol. The van der Waals surface area contributed by atoms with E-state index in [-0.39, 0.29) is 36.7 Å². The standard InChI is InChI=1S/C29H25N3O4/c1-36-19-10-11-25-23(14-19)24(15-30-25)27(33)17-31-13-12-18-6-2-3-7-20(18)26(31)16-32-28(34)21-8-4-5-9-22(21)29(32)35/h2-11,14-15,26,30H,12-13,16-17H2,1H3. The lowest BCUT2D eigenvalue weighted by atomic mass is 9.91. The molecule has 3 heterocycles. The lowest BCUT2D eigenvalue weighted by Gasteiger charge is -2.38. The van der Waals surface area contributed by atoms with E-state index in [4.69, 9.17) is 4.74 Å². The molecule has 0 spiro atoms. The molecule has 1 atom stereocenters. The second kappa shape index (κ2) is 8.77. The van der Waals surface area contributed by atoms with Gasteiger partial charge in [0.1, 0.15) is 5.75 Å². The maximum atomic E-state index is 13.5. The van der Waals surface area contributed by atoms with Gasteiger partial charge in [-0.05, 0) is 47.9 Å². The fourth-order valence-electron chi connectivity index (χ4n) is 5.41. The van der Waals surface area contributed by atoms with Crippen molar-refractivity contribution in [1.82, 2.24) is 14.8 Å². The van der Waals surface area contributed by atoms with E-state index in [2.05, 4.69) is 16.0 Å². The fraction of sp³-hybridized carbons (Fsp3) is 0.207. The fourth-order valence-corrected chi connectivity index (χ4v) is 5.41. The number of nitrogens with one attached hydrogen (secondary N) is 1. The van der Waals surface area contributed by atoms with Gasteiger partial charge in [0.05, 0.1) is 30.8 Å². The summed E-state index contributed by atoms with van der Waals surface area (Å²) in [6.45, 7) is 1.02. The van der Waals surface area contributed by atoms with Gasteiger partial charge in [-0.1, -0.05) is 36.4 Å². The van der Waals surface area contributed by atoms with Crippen LogP contribution in [0.15, 0.2) is 72.9 Å². The molecule has 6 rings (SSSR count). The van der Waals surface area contributed by atoms with Crippen LogP contribution in [0.1, 0.15) is 48.2 Å². The van der Waals surface area contributed by atoms with E-state index < -0.39 is 0 Å². The number of amides is 2. The summed E-state index contributed by atoms with van der Waals surface area (Å²) in [5.41, 5.74) is 4.56. The van der Waals surface area contributed by atoms with E-state index in [1.165, 1.54) is 10.5 Å². The molecular weight excluding hydrogens is 454 g/mol. The zero-order valence-corrected chi connectivity index (χ0v) is 19.9. The van der Waals surface area contributed by atoms with E-state index in [0.717, 1.165) is 22.9 Å². The van der Waals surface area contributed by atoms with Crippen LogP contribution in [0.5, 0.6) is 5.75 Å². The first-order valence-corrected chi connectivity index (χ1v) is 12.0. The highest BCUT2D eigenvalue weighted by Gasteiger charge is 2.39. The third kappa shape index (κ3) is 3.60. The molecule has 4 aromatic rings. The predicted molar refractivity (Wildman–Crippen MR) is 135 cm³/mol. The SMILES string of the molecule is COc1ccc2[nH]cc(C(=O)CN3CCc4ccccc4C3CN3C(=O)c4ccccc4C3=O)c2c1. The number of ether oxygens (including phenoxy) is 1. The van der Waals surface area contributed by atoms with E-state index in [1.807, 2.05) is 36.4 Å². The number of carbonyl (C=O) groups is 3. The Kier molecular flexibility index (Phi) is 5.42. The maximum Gasteiger partial charge on any atom is 0.261 e. The minimum atomic E-state index is -0.284. The number of Topliss-reactive ketones (excluding diaryl/α,β-unsaturated/α-hetero) is 1. The van der Waals surface area contributed by atoms with Crippen LogP contribution < -0.4 is 4.74 Å². The first-order valence-electron chi connectivity index (χ1n) is 12.0. The summed E-state index contributed by atoms with van der Waals surface area (Å²) in [4.78, 5) is 46.4. The van der Waals surface area contributed by atoms with Crippen LogP contribution in [0.2, 0.25) is 0 Å². The number of aromatic nitrogens is 1. The molecule has 0 saturated heterocycles. The zero-order chi connectivity index (χ0) is 24.8. The molecule has 36 heavy (non-hydrogen) atoms. The first kappa shape index (κ1) is 22.2. The predicted octanol–water partition coefficient (Wildman–Crippen LogP) is 4.25. The number of benzene rings is 3. The third-order valence-electron chi connectivity index (χ3n) is 7.29. The number of carbonyl (C=O) groups excluding carboxylic acids is 3. The van der Waals surface area contributed by atoms with Gasteiger partial charge in [-0.15, -0.1) is 0 Å². The Morgan fingerprint density at radius 2 is 1.72 bits per heavy atom. The monoisotopic (exact) mass is 479 g/mol. The molecule has 0 fully saturated rings. The average Bonchev–Trinajstić information content (AvgIpc) is 3.44. The van der Waals surface area contributed by atoms with Crippen LogP contribution in [-0.2, 0) is 6.42 Å². The highest BCUT2D eigenvalue weighted by Crippen LogP contribution is 2.34. The number of imide groups is 1. The molecule has 1 unspecified atom stereocenters. The van der Waals surface area contributed by atoms with Crippen LogP contribution >= 0.6 is 0 Å². The smallest absolute Gasteiger partial charge is 0.261 e. The summed E-state index contributed by atoms with van der Waals surface area (Å²) in [7, 11) is 1.60. The second-order valence-corrected chi connectivity index (χ2v) is 9.24. The third-order valence-corrected chi connectivity index (χ3v) is 7.29. The Hall–Kier alpha value is -4.23. The Morgan fingerprint density at radius 3 is 2.47 bits per heavy atom. The number of nitrogens with zero attached hydrogens (tertiary/aromatic N) is 2. The highest BCUT2D eigenvalue weighted by molar-refractivity contribution is 6.21. The summed E-state index contributed by atoms with van der Waals surface area (Å²) in [5.74, 6) is 0.0927. The lowest BCUT2D eigenvalue weighted by molar-refractivity contribution is 0.0574. The number of hydrogen-bond donors (Lipinski definition) is 1. The maximum absolute atomic E-state index is 13.5. The van der Waals surface area contributed by atoms with E-state index in [1.54, 1.807) is 37.6 Å². The van der Waals surface area contributed by atoms with E-state index in [9.17, 15) is 14.4 Å². The van der Waals surface area contributed by atoms with Gasteiger partial charge in [0, 0.05) is 35.8 Å².